The SMILES string of the molecule is O=C(CC1COCCN1)N1CCN(Cc2csc(-c3ccccc3)n2)CC1. The van der Waals surface area contributed by atoms with E-state index in [1.54, 1.807) is 11.3 Å². The molecule has 7 heteroatoms. The zero-order valence-corrected chi connectivity index (χ0v) is 16.3. The van der Waals surface area contributed by atoms with E-state index in [-0.39, 0.29) is 11.9 Å². The lowest BCUT2D eigenvalue weighted by molar-refractivity contribution is -0.134. The Labute approximate surface area is 164 Å². The third kappa shape index (κ3) is 4.93. The van der Waals surface area contributed by atoms with Gasteiger partial charge >= 0.3 is 0 Å². The number of ether oxygens (including phenoxy) is 1. The third-order valence-corrected chi connectivity index (χ3v) is 6.04. The molecule has 1 amide bonds. The summed E-state index contributed by atoms with van der Waals surface area (Å²) < 4.78 is 5.44. The summed E-state index contributed by atoms with van der Waals surface area (Å²) in [6, 6.07) is 10.5. The fraction of sp³-hybridized carbons (Fsp3) is 0.500. The molecule has 3 heterocycles. The Hall–Kier alpha value is -1.80. The third-order valence-electron chi connectivity index (χ3n) is 5.10. The van der Waals surface area contributed by atoms with Crippen molar-refractivity contribution in [3.8, 4) is 10.6 Å². The highest BCUT2D eigenvalue weighted by Crippen LogP contribution is 2.24. The van der Waals surface area contributed by atoms with E-state index in [0.29, 0.717) is 13.0 Å². The van der Waals surface area contributed by atoms with Crippen LogP contribution < -0.4 is 5.32 Å². The summed E-state index contributed by atoms with van der Waals surface area (Å²) in [5.41, 5.74) is 2.28. The molecule has 1 unspecified atom stereocenters. The Morgan fingerprint density at radius 2 is 2.04 bits per heavy atom. The quantitative estimate of drug-likeness (QED) is 0.850. The van der Waals surface area contributed by atoms with E-state index < -0.39 is 0 Å². The fourth-order valence-corrected chi connectivity index (χ4v) is 4.39. The molecular weight excluding hydrogens is 360 g/mol. The Balaban J connectivity index is 1.25. The molecule has 4 rings (SSSR count). The smallest absolute Gasteiger partial charge is 0.224 e. The molecule has 1 N–H and O–H groups in total. The molecule has 2 aliphatic rings. The zero-order chi connectivity index (χ0) is 18.5. The molecule has 6 nitrogen and oxygen atoms in total. The molecule has 0 bridgehead atoms. The monoisotopic (exact) mass is 386 g/mol. The highest BCUT2D eigenvalue weighted by Gasteiger charge is 2.25. The molecule has 2 aromatic rings. The summed E-state index contributed by atoms with van der Waals surface area (Å²) in [5, 5.41) is 6.57. The van der Waals surface area contributed by atoms with Crippen molar-refractivity contribution in [3.63, 3.8) is 0 Å². The molecule has 0 saturated carbocycles. The van der Waals surface area contributed by atoms with E-state index >= 15 is 0 Å². The molecule has 0 radical (unpaired) electrons. The Bertz CT molecular complexity index is 737. The lowest BCUT2D eigenvalue weighted by Gasteiger charge is -2.35. The van der Waals surface area contributed by atoms with Gasteiger partial charge in [0.15, 0.2) is 0 Å². The van der Waals surface area contributed by atoms with Gasteiger partial charge in [-0.2, -0.15) is 0 Å². The molecule has 1 aromatic carbocycles. The van der Waals surface area contributed by atoms with E-state index in [1.165, 1.54) is 5.56 Å². The van der Waals surface area contributed by atoms with Crippen LogP contribution in [0.3, 0.4) is 0 Å². The maximum atomic E-state index is 12.5. The minimum absolute atomic E-state index is 0.163. The Morgan fingerprint density at radius 1 is 1.22 bits per heavy atom. The van der Waals surface area contributed by atoms with Gasteiger partial charge < -0.3 is 15.0 Å². The van der Waals surface area contributed by atoms with Crippen LogP contribution in [0.5, 0.6) is 0 Å². The summed E-state index contributed by atoms with van der Waals surface area (Å²) in [5.74, 6) is 0.234. The van der Waals surface area contributed by atoms with Crippen molar-refractivity contribution in [1.29, 1.82) is 0 Å². The number of morpholine rings is 1. The first kappa shape index (κ1) is 18.6. The normalized spacial score (nSPS) is 21.3. The second-order valence-electron chi connectivity index (χ2n) is 7.10. The number of hydrogen-bond donors (Lipinski definition) is 1. The number of thiazole rings is 1. The van der Waals surface area contributed by atoms with Gasteiger partial charge in [0, 0.05) is 62.7 Å². The van der Waals surface area contributed by atoms with Crippen LogP contribution in [-0.4, -0.2) is 72.7 Å². The number of benzene rings is 1. The van der Waals surface area contributed by atoms with Crippen molar-refractivity contribution in [3.05, 3.63) is 41.4 Å². The topological polar surface area (TPSA) is 57.7 Å². The van der Waals surface area contributed by atoms with E-state index in [1.807, 2.05) is 23.1 Å². The number of nitrogens with one attached hydrogen (secondary N) is 1. The minimum Gasteiger partial charge on any atom is -0.378 e. The van der Waals surface area contributed by atoms with Crippen molar-refractivity contribution < 1.29 is 9.53 Å². The number of carbonyl (C=O) groups is 1. The van der Waals surface area contributed by atoms with Crippen LogP contribution in [0.2, 0.25) is 0 Å². The van der Waals surface area contributed by atoms with Crippen LogP contribution in [0, 0.1) is 0 Å². The number of rotatable bonds is 5. The van der Waals surface area contributed by atoms with Crippen LogP contribution >= 0.6 is 11.3 Å². The number of piperazine rings is 1. The number of hydrogen-bond acceptors (Lipinski definition) is 6. The van der Waals surface area contributed by atoms with Gasteiger partial charge in [-0.1, -0.05) is 30.3 Å². The van der Waals surface area contributed by atoms with Crippen molar-refractivity contribution in [2.75, 3.05) is 45.9 Å². The molecule has 1 aromatic heterocycles. The molecule has 2 saturated heterocycles. The highest BCUT2D eigenvalue weighted by molar-refractivity contribution is 7.13. The summed E-state index contributed by atoms with van der Waals surface area (Å²) >= 11 is 1.69. The molecule has 0 aliphatic carbocycles. The predicted octanol–water partition coefficient (Wildman–Crippen LogP) is 1.83. The first-order chi connectivity index (χ1) is 13.3. The molecule has 0 spiro atoms. The van der Waals surface area contributed by atoms with Crippen LogP contribution in [0.25, 0.3) is 10.6 Å². The van der Waals surface area contributed by atoms with Gasteiger partial charge in [0.05, 0.1) is 18.9 Å². The lowest BCUT2D eigenvalue weighted by atomic mass is 10.1. The molecular formula is C20H26N4O2S. The molecule has 27 heavy (non-hydrogen) atoms. The van der Waals surface area contributed by atoms with Gasteiger partial charge in [-0.15, -0.1) is 11.3 Å². The van der Waals surface area contributed by atoms with Gasteiger partial charge in [0.25, 0.3) is 0 Å². The van der Waals surface area contributed by atoms with Gasteiger partial charge in [0.2, 0.25) is 5.91 Å². The molecule has 144 valence electrons. The molecule has 2 aliphatic heterocycles. The molecule has 2 fully saturated rings. The van der Waals surface area contributed by atoms with Crippen molar-refractivity contribution in [2.24, 2.45) is 0 Å². The first-order valence-electron chi connectivity index (χ1n) is 9.59. The maximum Gasteiger partial charge on any atom is 0.224 e. The summed E-state index contributed by atoms with van der Waals surface area (Å²) in [4.78, 5) is 21.6. The second-order valence-corrected chi connectivity index (χ2v) is 7.96. The number of nitrogens with zero attached hydrogens (tertiary/aromatic N) is 3. The number of amides is 1. The van der Waals surface area contributed by atoms with Gasteiger partial charge in [-0.3, -0.25) is 9.69 Å². The Kier molecular flexibility index (Phi) is 6.14. The largest absolute Gasteiger partial charge is 0.378 e. The van der Waals surface area contributed by atoms with Gasteiger partial charge in [-0.05, 0) is 0 Å². The number of carbonyl (C=O) groups excluding carboxylic acids is 1. The van der Waals surface area contributed by atoms with E-state index in [9.17, 15) is 4.79 Å². The standard InChI is InChI=1S/C20H26N4O2S/c25-19(12-17-14-26-11-6-21-17)24-9-7-23(8-10-24)13-18-15-27-20(22-18)16-4-2-1-3-5-16/h1-5,15,17,21H,6-14H2. The minimum atomic E-state index is 0.163. The zero-order valence-electron chi connectivity index (χ0n) is 15.5. The van der Waals surface area contributed by atoms with Crippen molar-refractivity contribution in [1.82, 2.24) is 20.1 Å². The first-order valence-corrected chi connectivity index (χ1v) is 10.5. The van der Waals surface area contributed by atoms with Crippen LogP contribution in [0.1, 0.15) is 12.1 Å². The van der Waals surface area contributed by atoms with Crippen LogP contribution in [0.15, 0.2) is 35.7 Å². The number of aromatic nitrogens is 1. The predicted molar refractivity (Wildman–Crippen MR) is 107 cm³/mol. The average Bonchev–Trinajstić information content (AvgIpc) is 3.18. The van der Waals surface area contributed by atoms with Crippen molar-refractivity contribution in [2.45, 2.75) is 19.0 Å². The van der Waals surface area contributed by atoms with Gasteiger partial charge in [0.1, 0.15) is 5.01 Å². The lowest BCUT2D eigenvalue weighted by Crippen LogP contribution is -2.51. The maximum absolute atomic E-state index is 12.5. The summed E-state index contributed by atoms with van der Waals surface area (Å²) in [7, 11) is 0. The molecule has 1 atom stereocenters. The van der Waals surface area contributed by atoms with E-state index in [0.717, 1.165) is 56.6 Å². The fourth-order valence-electron chi connectivity index (χ4n) is 3.57. The summed E-state index contributed by atoms with van der Waals surface area (Å²) in [6.45, 7) is 6.46. The van der Waals surface area contributed by atoms with E-state index in [2.05, 4.69) is 27.7 Å². The van der Waals surface area contributed by atoms with Crippen LogP contribution in [-0.2, 0) is 16.1 Å². The summed E-state index contributed by atoms with van der Waals surface area (Å²) in [6.07, 6.45) is 0.534. The van der Waals surface area contributed by atoms with Crippen LogP contribution in [0.4, 0.5) is 0 Å². The van der Waals surface area contributed by atoms with Crippen molar-refractivity contribution >= 4 is 17.2 Å². The highest BCUT2D eigenvalue weighted by atomic mass is 32.1. The Morgan fingerprint density at radius 3 is 2.78 bits per heavy atom. The van der Waals surface area contributed by atoms with Gasteiger partial charge in [-0.25, -0.2) is 4.98 Å². The second kappa shape index (κ2) is 8.93. The van der Waals surface area contributed by atoms with E-state index in [4.69, 9.17) is 9.72 Å². The average molecular weight is 387 g/mol.